The Morgan fingerprint density at radius 2 is 0.386 bits per heavy atom. The summed E-state index contributed by atoms with van der Waals surface area (Å²) in [6.45, 7) is 26.3. The van der Waals surface area contributed by atoms with E-state index in [0.29, 0.717) is 0 Å². The number of unbranched alkanes of at least 4 members (excludes halogenated alkanes) is 98. The predicted molar refractivity (Wildman–Crippen MR) is 657 cm³/mol. The van der Waals surface area contributed by atoms with E-state index < -0.39 is 0 Å². The molecule has 2 nitrogen and oxygen atoms in total. The van der Waals surface area contributed by atoms with Gasteiger partial charge in [-0.25, -0.2) is 4.70 Å². The van der Waals surface area contributed by atoms with Crippen LogP contribution in [0.15, 0.2) is 59.7 Å². The molecule has 2 aromatic carbocycles. The maximum Gasteiger partial charge on any atom is 2.00 e. The average Bonchev–Trinajstić information content (AvgIpc) is 1.60. The molecule has 145 heavy (non-hydrogen) atoms. The van der Waals surface area contributed by atoms with Crippen LogP contribution in [-0.2, 0) is 16.5 Å². The van der Waals surface area contributed by atoms with E-state index in [0.717, 1.165) is 117 Å². The molecule has 0 saturated carbocycles. The summed E-state index contributed by atoms with van der Waals surface area (Å²) in [4.78, 5) is 0. The Labute approximate surface area is 923 Å². The van der Waals surface area contributed by atoms with Crippen molar-refractivity contribution >= 4 is 23.5 Å². The topological polar surface area (TPSA) is 25.3 Å². The van der Waals surface area contributed by atoms with Crippen molar-refractivity contribution < 1.29 is 21.2 Å². The van der Waals surface area contributed by atoms with Gasteiger partial charge in [-0.2, -0.15) is 12.8 Å². The van der Waals surface area contributed by atoms with Gasteiger partial charge in [0.1, 0.15) is 0 Å². The standard InChI is InChI=1S/C100H168N2.2C21H43.Ni/c1-7-13-19-24-29-33-37-41-45-47-51-55-59-63-65-69-74-79-91-85-92(80-75-70-66-64-60-56-52-48-46-42-38-34-30-25-20-14-8-2)88-95(87-91)99-97(83-18-12-6)98(84-78-73-28-23-17-11-5)100(102(99)101)96-89-93(81-76-71-67-61-57-53-49-43-39-35-31-26-21-15-9-3)86-94(90-96)82-77-72-68-62-58-54-50-44-40-36-32-27-22-16-10-4;2*1-3-5-7-9-11-13-15-17-19-21-20-18-16-14-12-10-8-6-4-2;/h74-75,79-80,85-90H,7-73,78,83-84H2,1-6H3;2*1,3-21H2,2H3;/q;2*-1;+2. The zero-order valence-corrected chi connectivity index (χ0v) is 101. The average molecular weight is 2050 g/mol. The van der Waals surface area contributed by atoms with E-state index in [2.05, 4.69) is 154 Å². The number of rotatable bonds is 108. The van der Waals surface area contributed by atoms with E-state index in [4.69, 9.17) is 0 Å². The molecule has 1 aliphatic rings. The summed E-state index contributed by atoms with van der Waals surface area (Å²) in [6, 6.07) is 14.1. The van der Waals surface area contributed by atoms with Crippen molar-refractivity contribution in [2.45, 2.75) is 749 Å². The van der Waals surface area contributed by atoms with Crippen molar-refractivity contribution in [3.8, 4) is 23.7 Å². The molecule has 0 bridgehead atoms. The maximum atomic E-state index is 13.3. The van der Waals surface area contributed by atoms with Gasteiger partial charge in [0, 0.05) is 46.2 Å². The summed E-state index contributed by atoms with van der Waals surface area (Å²) >= 11 is 0. The third kappa shape index (κ3) is 95.0. The van der Waals surface area contributed by atoms with Crippen LogP contribution < -0.4 is 0 Å². The van der Waals surface area contributed by atoms with Gasteiger partial charge in [-0.15, -0.1) is 0 Å². The van der Waals surface area contributed by atoms with Crippen LogP contribution in [0.5, 0.6) is 0 Å². The van der Waals surface area contributed by atoms with Crippen LogP contribution in [0.1, 0.15) is 782 Å². The first-order valence-electron chi connectivity index (χ1n) is 66.5. The summed E-state index contributed by atoms with van der Waals surface area (Å²) < 4.78 is 1.66. The molecule has 0 spiro atoms. The van der Waals surface area contributed by atoms with Crippen LogP contribution in [0.4, 0.5) is 0 Å². The zero-order valence-electron chi connectivity index (χ0n) is 99.8. The van der Waals surface area contributed by atoms with Crippen molar-refractivity contribution in [2.24, 2.45) is 0 Å². The predicted octanol–water partition coefficient (Wildman–Crippen LogP) is 51.5. The molecule has 0 amide bonds. The van der Waals surface area contributed by atoms with Gasteiger partial charge >= 0.3 is 16.5 Å². The molecule has 1 aliphatic heterocycles. The molecule has 0 aromatic heterocycles. The van der Waals surface area contributed by atoms with Gasteiger partial charge in [0.05, 0.1) is 0 Å². The van der Waals surface area contributed by atoms with E-state index >= 15 is 0 Å². The fourth-order valence-corrected chi connectivity index (χ4v) is 21.8. The third-order valence-corrected chi connectivity index (χ3v) is 31.4. The SMILES string of the molecule is CCCCCCCCCCCCCCCC#Cc1cc(C#CCCCCCCCCCCCCCCC)cc(C2=C(CCCCCCCC)C(CCCC)=C(c3cc(C=CCCCCCCCCCCCCCCCCC)cc(C=CCCCCCCCCCCCCCCCCC)c3)[N+]2=[N-])c1.[CH2-]CCCCCCCCCCCCCCCCCCCC.[CH2-]CCCCCCCCCCCCCCCCCCCC.[Ni+2]. The minimum atomic E-state index is 0. The first-order valence-corrected chi connectivity index (χ1v) is 66.5. The summed E-state index contributed by atoms with van der Waals surface area (Å²) in [5.41, 5.74) is 24.7. The Hall–Kier alpha value is -3.39. The second-order valence-electron chi connectivity index (χ2n) is 45.9. The van der Waals surface area contributed by atoms with Crippen molar-refractivity contribution in [2.75, 3.05) is 0 Å². The Bertz CT molecular complexity index is 3030. The molecular weight excluding hydrogens is 1790 g/mol. The third-order valence-electron chi connectivity index (χ3n) is 31.4. The minimum Gasteiger partial charge on any atom is -0.493 e. The zero-order chi connectivity index (χ0) is 104. The molecule has 3 rings (SSSR count). The van der Waals surface area contributed by atoms with E-state index in [1.807, 2.05) is 0 Å². The Kier molecular flexibility index (Phi) is 116. The fourth-order valence-electron chi connectivity index (χ4n) is 21.8. The molecule has 0 radical (unpaired) electrons. The van der Waals surface area contributed by atoms with E-state index in [1.54, 1.807) is 4.70 Å². The van der Waals surface area contributed by atoms with E-state index in [1.165, 1.54) is 632 Å². The summed E-state index contributed by atoms with van der Waals surface area (Å²) in [6.07, 6.45) is 157. The van der Waals surface area contributed by atoms with Crippen LogP contribution in [0.25, 0.3) is 29.1 Å². The van der Waals surface area contributed by atoms with E-state index in [9.17, 15) is 5.53 Å². The molecule has 0 N–H and O–H groups in total. The number of hydrogen-bond donors (Lipinski definition) is 0. The fraction of sp³-hybridized carbons (Fsp3) is 0.817. The first-order chi connectivity index (χ1) is 71.3. The largest absolute Gasteiger partial charge is 2.00 e. The Morgan fingerprint density at radius 3 is 0.600 bits per heavy atom. The van der Waals surface area contributed by atoms with E-state index in [-0.39, 0.29) is 16.5 Å². The normalized spacial score (nSPS) is 12.0. The van der Waals surface area contributed by atoms with Gasteiger partial charge in [0.25, 0.3) is 0 Å². The van der Waals surface area contributed by atoms with Crippen molar-refractivity contribution in [1.82, 2.24) is 0 Å². The minimum absolute atomic E-state index is 0. The van der Waals surface area contributed by atoms with Gasteiger partial charge < -0.3 is 19.4 Å². The molecule has 842 valence electrons. The number of allylic oxidation sites excluding steroid dienone is 4. The monoisotopic (exact) mass is 2050 g/mol. The van der Waals surface area contributed by atoms with Gasteiger partial charge in [-0.3, -0.25) is 0 Å². The number of nitrogens with zero attached hydrogens (tertiary/aromatic N) is 2. The molecule has 0 fully saturated rings. The quantitative estimate of drug-likeness (QED) is 0.0207. The van der Waals surface area contributed by atoms with Gasteiger partial charge in [-0.1, -0.05) is 707 Å². The first kappa shape index (κ1) is 142. The summed E-state index contributed by atoms with van der Waals surface area (Å²) in [7, 11) is 0. The molecule has 0 saturated heterocycles. The number of benzene rings is 2. The molecule has 0 unspecified atom stereocenters. The maximum absolute atomic E-state index is 13.3. The Balaban J connectivity index is 0.00000395. The molecule has 3 heteroatoms. The Morgan fingerprint density at radius 1 is 0.207 bits per heavy atom. The molecular formula is C142H254N2Ni. The smallest absolute Gasteiger partial charge is 0.493 e. The van der Waals surface area contributed by atoms with Crippen LogP contribution in [0.3, 0.4) is 0 Å². The van der Waals surface area contributed by atoms with Gasteiger partial charge in [0.2, 0.25) is 11.4 Å². The summed E-state index contributed by atoms with van der Waals surface area (Å²) in [5.74, 6) is 14.7. The van der Waals surface area contributed by atoms with Gasteiger partial charge in [-0.05, 0) is 112 Å². The molecule has 0 atom stereocenters. The van der Waals surface area contributed by atoms with Crippen molar-refractivity contribution in [1.29, 1.82) is 0 Å². The molecule has 0 aliphatic carbocycles. The van der Waals surface area contributed by atoms with Crippen LogP contribution in [0.2, 0.25) is 0 Å². The van der Waals surface area contributed by atoms with Crippen molar-refractivity contribution in [3.05, 3.63) is 112 Å². The van der Waals surface area contributed by atoms with Crippen molar-refractivity contribution in [3.63, 3.8) is 0 Å². The summed E-state index contributed by atoms with van der Waals surface area (Å²) in [5, 5.41) is 0. The van der Waals surface area contributed by atoms with Crippen LogP contribution in [0, 0.1) is 37.5 Å². The molecule has 1 heterocycles. The second kappa shape index (κ2) is 119. The molecule has 2 aromatic rings. The van der Waals surface area contributed by atoms with Crippen LogP contribution >= 0.6 is 0 Å². The van der Waals surface area contributed by atoms with Crippen LogP contribution in [-0.4, -0.2) is 4.70 Å². The second-order valence-corrected chi connectivity index (χ2v) is 45.9. The van der Waals surface area contributed by atoms with Gasteiger partial charge in [0.15, 0.2) is 0 Å². The number of hydrogen-bond acceptors (Lipinski definition) is 0.